The van der Waals surface area contributed by atoms with E-state index in [4.69, 9.17) is 23.2 Å². The van der Waals surface area contributed by atoms with Gasteiger partial charge in [0, 0.05) is 5.56 Å². The van der Waals surface area contributed by atoms with E-state index in [2.05, 4.69) is 10.6 Å². The van der Waals surface area contributed by atoms with Crippen molar-refractivity contribution in [3.8, 4) is 0 Å². The van der Waals surface area contributed by atoms with Gasteiger partial charge >= 0.3 is 6.03 Å². The molecule has 3 N–H and O–H groups in total. The lowest BCUT2D eigenvalue weighted by atomic mass is 9.94. The summed E-state index contributed by atoms with van der Waals surface area (Å²) in [6.07, 6.45) is 0. The molecule has 0 fully saturated rings. The Labute approximate surface area is 189 Å². The lowest BCUT2D eigenvalue weighted by Gasteiger charge is -2.43. The first-order valence-corrected chi connectivity index (χ1v) is 10.3. The van der Waals surface area contributed by atoms with Crippen LogP contribution in [-0.2, 0) is 10.5 Å². The molecule has 0 radical (unpaired) electrons. The Kier molecular flexibility index (Phi) is 5.62. The summed E-state index contributed by atoms with van der Waals surface area (Å²) in [4.78, 5) is 27.5. The van der Waals surface area contributed by atoms with Crippen LogP contribution in [0.3, 0.4) is 0 Å². The van der Waals surface area contributed by atoms with E-state index in [1.54, 1.807) is 31.2 Å². The topological polar surface area (TPSA) is 81.7 Å². The fraction of sp³-hybridized carbons (Fsp3) is 0.130. The maximum Gasteiger partial charge on any atom is 0.329 e. The Hall–Kier alpha value is -3.06. The van der Waals surface area contributed by atoms with E-state index in [1.807, 2.05) is 30.3 Å². The summed E-state index contributed by atoms with van der Waals surface area (Å²) in [6.45, 7) is 1.80. The number of aliphatic hydroxyl groups is 1. The second-order valence-electron chi connectivity index (χ2n) is 7.19. The molecule has 8 heteroatoms. The van der Waals surface area contributed by atoms with Gasteiger partial charge in [0.1, 0.15) is 0 Å². The Morgan fingerprint density at radius 3 is 2.42 bits per heavy atom. The molecule has 158 valence electrons. The number of urea groups is 1. The molecule has 0 unspecified atom stereocenters. The zero-order chi connectivity index (χ0) is 22.2. The Morgan fingerprint density at radius 2 is 1.71 bits per heavy atom. The summed E-state index contributed by atoms with van der Waals surface area (Å²) in [7, 11) is 0. The van der Waals surface area contributed by atoms with E-state index in [-0.39, 0.29) is 21.3 Å². The second-order valence-corrected chi connectivity index (χ2v) is 8.00. The summed E-state index contributed by atoms with van der Waals surface area (Å²) < 4.78 is 0. The molecular weight excluding hydrogens is 437 g/mol. The Morgan fingerprint density at radius 1 is 1.03 bits per heavy atom. The number of nitrogens with one attached hydrogen (secondary N) is 2. The molecule has 0 spiro atoms. The van der Waals surface area contributed by atoms with E-state index in [0.29, 0.717) is 5.69 Å². The molecule has 1 aliphatic heterocycles. The third-order valence-electron chi connectivity index (χ3n) is 5.20. The van der Waals surface area contributed by atoms with Crippen LogP contribution in [-0.4, -0.2) is 17.0 Å². The maximum atomic E-state index is 13.5. The zero-order valence-electron chi connectivity index (χ0n) is 16.5. The summed E-state index contributed by atoms with van der Waals surface area (Å²) >= 11 is 12.2. The lowest BCUT2D eigenvalue weighted by Crippen LogP contribution is -2.62. The molecule has 0 aliphatic carbocycles. The van der Waals surface area contributed by atoms with Crippen LogP contribution in [0, 0.1) is 0 Å². The molecule has 31 heavy (non-hydrogen) atoms. The number of nitrogens with zero attached hydrogens (tertiary/aromatic N) is 1. The van der Waals surface area contributed by atoms with Crippen molar-refractivity contribution in [2.75, 3.05) is 10.2 Å². The predicted molar refractivity (Wildman–Crippen MR) is 121 cm³/mol. The summed E-state index contributed by atoms with van der Waals surface area (Å²) in [6, 6.07) is 19.3. The van der Waals surface area contributed by atoms with Crippen molar-refractivity contribution in [1.29, 1.82) is 0 Å². The third-order valence-corrected chi connectivity index (χ3v) is 5.94. The van der Waals surface area contributed by atoms with Crippen LogP contribution < -0.4 is 15.5 Å². The molecule has 0 aromatic heterocycles. The molecule has 2 atom stereocenters. The monoisotopic (exact) mass is 455 g/mol. The molecule has 3 aromatic carbocycles. The molecule has 0 saturated heterocycles. The highest BCUT2D eigenvalue weighted by Gasteiger charge is 2.52. The van der Waals surface area contributed by atoms with Crippen LogP contribution in [0.1, 0.15) is 24.1 Å². The highest BCUT2D eigenvalue weighted by molar-refractivity contribution is 6.42. The SMILES string of the molecule is C[C@H](NC(=O)[C@@]1(O)c2ccccc2NC(=O)N1c1ccc(Cl)c(Cl)c1)c1ccccc1. The van der Waals surface area contributed by atoms with Crippen molar-refractivity contribution in [3.63, 3.8) is 0 Å². The quantitative estimate of drug-likeness (QED) is 0.513. The van der Waals surface area contributed by atoms with Gasteiger partial charge in [0.25, 0.3) is 11.6 Å². The van der Waals surface area contributed by atoms with Crippen molar-refractivity contribution in [2.24, 2.45) is 0 Å². The molecule has 0 saturated carbocycles. The van der Waals surface area contributed by atoms with Crippen molar-refractivity contribution in [3.05, 3.63) is 94.0 Å². The Balaban J connectivity index is 1.81. The molecule has 6 nitrogen and oxygen atoms in total. The van der Waals surface area contributed by atoms with Crippen molar-refractivity contribution in [1.82, 2.24) is 5.32 Å². The van der Waals surface area contributed by atoms with Crippen molar-refractivity contribution in [2.45, 2.75) is 18.7 Å². The molecule has 4 rings (SSSR count). The van der Waals surface area contributed by atoms with E-state index < -0.39 is 23.7 Å². The largest absolute Gasteiger partial charge is 0.359 e. The van der Waals surface area contributed by atoms with Gasteiger partial charge in [-0.3, -0.25) is 9.69 Å². The molecule has 1 heterocycles. The number of carbonyl (C=O) groups excluding carboxylic acids is 2. The number of hydrogen-bond acceptors (Lipinski definition) is 3. The van der Waals surface area contributed by atoms with Gasteiger partial charge in [-0.15, -0.1) is 0 Å². The second kappa shape index (κ2) is 8.23. The number of amides is 3. The van der Waals surface area contributed by atoms with Gasteiger partial charge < -0.3 is 15.7 Å². The van der Waals surface area contributed by atoms with Crippen LogP contribution >= 0.6 is 23.2 Å². The fourth-order valence-electron chi connectivity index (χ4n) is 3.61. The van der Waals surface area contributed by atoms with Gasteiger partial charge in [0.2, 0.25) is 0 Å². The number of anilines is 2. The van der Waals surface area contributed by atoms with Crippen LogP contribution in [0.15, 0.2) is 72.8 Å². The number of carbonyl (C=O) groups is 2. The van der Waals surface area contributed by atoms with Gasteiger partial charge in [-0.05, 0) is 36.8 Å². The molecule has 3 amide bonds. The maximum absolute atomic E-state index is 13.5. The number of halogens is 2. The minimum absolute atomic E-state index is 0.186. The standard InChI is InChI=1S/C23H19Cl2N3O3/c1-14(15-7-3-2-4-8-15)26-21(29)23(31)17-9-5-6-10-20(17)27-22(30)28(23)16-11-12-18(24)19(25)13-16/h2-14,31H,1H3,(H,26,29)(H,27,30)/t14-,23-/m0/s1. The minimum atomic E-state index is -2.32. The van der Waals surface area contributed by atoms with Gasteiger partial charge in [-0.25, -0.2) is 4.79 Å². The van der Waals surface area contributed by atoms with Gasteiger partial charge in [0.15, 0.2) is 0 Å². The number of fused-ring (bicyclic) bond motifs is 1. The van der Waals surface area contributed by atoms with Crippen LogP contribution in [0.4, 0.5) is 16.2 Å². The van der Waals surface area contributed by atoms with Gasteiger partial charge in [0.05, 0.1) is 27.5 Å². The number of rotatable bonds is 4. The van der Waals surface area contributed by atoms with Gasteiger partial charge in [-0.1, -0.05) is 71.7 Å². The van der Waals surface area contributed by atoms with E-state index in [0.717, 1.165) is 10.5 Å². The average molecular weight is 456 g/mol. The highest BCUT2D eigenvalue weighted by Crippen LogP contribution is 2.41. The first-order chi connectivity index (χ1) is 14.8. The van der Waals surface area contributed by atoms with E-state index in [1.165, 1.54) is 18.2 Å². The minimum Gasteiger partial charge on any atom is -0.359 e. The zero-order valence-corrected chi connectivity index (χ0v) is 18.0. The molecule has 1 aliphatic rings. The Bertz CT molecular complexity index is 1160. The number of benzene rings is 3. The molecular formula is C23H19Cl2N3O3. The number of para-hydroxylation sites is 1. The van der Waals surface area contributed by atoms with Crippen molar-refractivity contribution < 1.29 is 14.7 Å². The first kappa shape index (κ1) is 21.2. The van der Waals surface area contributed by atoms with Crippen molar-refractivity contribution >= 4 is 46.5 Å². The first-order valence-electron chi connectivity index (χ1n) is 9.56. The van der Waals surface area contributed by atoms with E-state index >= 15 is 0 Å². The summed E-state index contributed by atoms with van der Waals surface area (Å²) in [5.74, 6) is -0.753. The average Bonchev–Trinajstić information content (AvgIpc) is 2.76. The highest BCUT2D eigenvalue weighted by atomic mass is 35.5. The molecule has 0 bridgehead atoms. The smallest absolute Gasteiger partial charge is 0.329 e. The molecule has 3 aromatic rings. The normalized spacial score (nSPS) is 18.7. The summed E-state index contributed by atoms with van der Waals surface area (Å²) in [5.41, 5.74) is -0.674. The van der Waals surface area contributed by atoms with Crippen LogP contribution in [0.25, 0.3) is 0 Å². The fourth-order valence-corrected chi connectivity index (χ4v) is 3.90. The lowest BCUT2D eigenvalue weighted by molar-refractivity contribution is -0.141. The summed E-state index contributed by atoms with van der Waals surface area (Å²) in [5, 5.41) is 17.8. The van der Waals surface area contributed by atoms with Crippen LogP contribution in [0.5, 0.6) is 0 Å². The third kappa shape index (κ3) is 3.74. The van der Waals surface area contributed by atoms with Crippen LogP contribution in [0.2, 0.25) is 10.0 Å². The van der Waals surface area contributed by atoms with E-state index in [9.17, 15) is 14.7 Å². The number of hydrogen-bond donors (Lipinski definition) is 3. The van der Waals surface area contributed by atoms with Gasteiger partial charge in [-0.2, -0.15) is 0 Å². The predicted octanol–water partition coefficient (Wildman–Crippen LogP) is 5.07.